The topological polar surface area (TPSA) is 131 Å². The molecule has 2 aromatic rings. The fraction of sp³-hybridized carbons (Fsp3) is 0.414. The number of fused-ring (bicyclic) bond motifs is 1. The quantitative estimate of drug-likeness (QED) is 0.191. The van der Waals surface area contributed by atoms with Crippen molar-refractivity contribution in [1.29, 1.82) is 0 Å². The maximum Gasteiger partial charge on any atom is 0.261 e. The van der Waals surface area contributed by atoms with Crippen molar-refractivity contribution in [3.8, 4) is 5.75 Å². The Bertz CT molecular complexity index is 1340. The van der Waals surface area contributed by atoms with Gasteiger partial charge in [-0.25, -0.2) is 17.6 Å². The minimum Gasteiger partial charge on any atom is -0.512 e. The molecule has 1 unspecified atom stereocenters. The zero-order valence-electron chi connectivity index (χ0n) is 23.4. The molecule has 0 fully saturated rings. The Morgan fingerprint density at radius 2 is 1.86 bits per heavy atom. The highest BCUT2D eigenvalue weighted by Gasteiger charge is 2.37. The molecular weight excluding hydrogens is 562 g/mol. The number of amides is 3. The molecule has 13 heteroatoms. The third-order valence-corrected chi connectivity index (χ3v) is 6.56. The first-order valence-electron chi connectivity index (χ1n) is 13.1. The summed E-state index contributed by atoms with van der Waals surface area (Å²) in [5.74, 6) is -4.55. The van der Waals surface area contributed by atoms with Crippen molar-refractivity contribution in [1.82, 2.24) is 4.90 Å². The van der Waals surface area contributed by atoms with Gasteiger partial charge < -0.3 is 30.5 Å². The smallest absolute Gasteiger partial charge is 0.261 e. The van der Waals surface area contributed by atoms with E-state index in [0.29, 0.717) is 36.0 Å². The lowest BCUT2D eigenvalue weighted by molar-refractivity contribution is -0.139. The highest BCUT2D eigenvalue weighted by atomic mass is 19.3. The summed E-state index contributed by atoms with van der Waals surface area (Å²) in [6.45, 7) is 3.86. The van der Waals surface area contributed by atoms with Gasteiger partial charge in [0, 0.05) is 29.3 Å². The normalized spacial score (nSPS) is 15.4. The van der Waals surface area contributed by atoms with Crippen molar-refractivity contribution < 1.29 is 46.5 Å². The molecule has 0 saturated carbocycles. The number of alkyl halides is 2. The standard InChI is InChI=1S/C29H33F4N3O6/c1-4-42-19-5-6-20-16(9-19)7-8-36(25(39)13-18(37)12-24(34)38)27(20)28(40)35-17-10-21(30)26(22(31)11-17)29(2,3)15-41-14-23(32)33/h5-6,9-12,23,27,37H,4,7-8,13-15H2,1-3H3,(H2,34,38)(H,35,40)/b18-12-. The molecule has 0 radical (unpaired) electrons. The van der Waals surface area contributed by atoms with Gasteiger partial charge in [-0.1, -0.05) is 19.9 Å². The molecule has 2 aromatic carbocycles. The largest absolute Gasteiger partial charge is 0.512 e. The molecule has 1 aliphatic rings. The van der Waals surface area contributed by atoms with E-state index in [2.05, 4.69) is 5.32 Å². The molecule has 228 valence electrons. The minimum atomic E-state index is -2.74. The molecule has 1 heterocycles. The number of benzene rings is 2. The molecule has 42 heavy (non-hydrogen) atoms. The second-order valence-corrected chi connectivity index (χ2v) is 10.3. The summed E-state index contributed by atoms with van der Waals surface area (Å²) in [6, 6.07) is 5.48. The van der Waals surface area contributed by atoms with Crippen LogP contribution in [0.4, 0.5) is 23.2 Å². The molecule has 3 rings (SSSR count). The number of primary amides is 1. The lowest BCUT2D eigenvalue weighted by atomic mass is 9.84. The Hall–Kier alpha value is -4.13. The Kier molecular flexibility index (Phi) is 10.6. The van der Waals surface area contributed by atoms with Crippen molar-refractivity contribution in [2.24, 2.45) is 5.73 Å². The minimum absolute atomic E-state index is 0.0534. The van der Waals surface area contributed by atoms with E-state index in [4.69, 9.17) is 15.2 Å². The summed E-state index contributed by atoms with van der Waals surface area (Å²) >= 11 is 0. The van der Waals surface area contributed by atoms with Crippen molar-refractivity contribution in [2.75, 3.05) is 31.7 Å². The molecule has 4 N–H and O–H groups in total. The maximum atomic E-state index is 15.1. The van der Waals surface area contributed by atoms with Crippen LogP contribution in [-0.2, 0) is 31.0 Å². The first kappa shape index (κ1) is 32.4. The fourth-order valence-electron chi connectivity index (χ4n) is 4.86. The fourth-order valence-corrected chi connectivity index (χ4v) is 4.86. The van der Waals surface area contributed by atoms with E-state index in [1.165, 1.54) is 18.7 Å². The molecule has 1 aliphatic heterocycles. The molecule has 0 aliphatic carbocycles. The number of halogens is 4. The van der Waals surface area contributed by atoms with E-state index in [1.807, 2.05) is 6.92 Å². The number of carbonyl (C=O) groups is 3. The van der Waals surface area contributed by atoms with Crippen LogP contribution >= 0.6 is 0 Å². The summed E-state index contributed by atoms with van der Waals surface area (Å²) in [5, 5.41) is 12.4. The van der Waals surface area contributed by atoms with Gasteiger partial charge in [0.05, 0.1) is 19.6 Å². The van der Waals surface area contributed by atoms with Gasteiger partial charge in [0.1, 0.15) is 35.8 Å². The number of hydrogen-bond donors (Lipinski definition) is 3. The van der Waals surface area contributed by atoms with E-state index < -0.39 is 71.6 Å². The number of aliphatic hydroxyl groups is 1. The van der Waals surface area contributed by atoms with Crippen molar-refractivity contribution >= 4 is 23.4 Å². The zero-order chi connectivity index (χ0) is 31.2. The van der Waals surface area contributed by atoms with Crippen LogP contribution in [0.25, 0.3) is 0 Å². The van der Waals surface area contributed by atoms with Crippen LogP contribution < -0.4 is 15.8 Å². The van der Waals surface area contributed by atoms with E-state index in [-0.39, 0.29) is 18.8 Å². The second-order valence-electron chi connectivity index (χ2n) is 10.3. The van der Waals surface area contributed by atoms with Gasteiger partial charge in [0.25, 0.3) is 12.3 Å². The van der Waals surface area contributed by atoms with Gasteiger partial charge in [0.2, 0.25) is 11.8 Å². The molecule has 9 nitrogen and oxygen atoms in total. The Morgan fingerprint density at radius 3 is 2.45 bits per heavy atom. The van der Waals surface area contributed by atoms with Crippen LogP contribution in [0.2, 0.25) is 0 Å². The SMILES string of the molecule is CCOc1ccc2c(c1)CCN(C(=O)C/C(O)=C/C(N)=O)C2C(=O)Nc1cc(F)c(C(C)(C)COCC(F)F)c(F)c1. The van der Waals surface area contributed by atoms with Crippen LogP contribution in [0.1, 0.15) is 49.9 Å². The second kappa shape index (κ2) is 13.7. The molecule has 0 spiro atoms. The third-order valence-electron chi connectivity index (χ3n) is 6.56. The highest BCUT2D eigenvalue weighted by Crippen LogP contribution is 2.35. The summed E-state index contributed by atoms with van der Waals surface area (Å²) in [4.78, 5) is 39.0. The van der Waals surface area contributed by atoms with Gasteiger partial charge in [-0.2, -0.15) is 0 Å². The number of anilines is 1. The van der Waals surface area contributed by atoms with Crippen molar-refractivity contribution in [3.63, 3.8) is 0 Å². The summed E-state index contributed by atoms with van der Waals surface area (Å²) in [6.07, 6.45) is -2.32. The van der Waals surface area contributed by atoms with Gasteiger partial charge in [-0.05, 0) is 48.7 Å². The molecule has 0 aromatic heterocycles. The van der Waals surface area contributed by atoms with Crippen LogP contribution in [0.5, 0.6) is 5.75 Å². The van der Waals surface area contributed by atoms with Crippen LogP contribution in [0, 0.1) is 11.6 Å². The predicted octanol–water partition coefficient (Wildman–Crippen LogP) is 4.30. The lowest BCUT2D eigenvalue weighted by Gasteiger charge is -2.36. The zero-order valence-corrected chi connectivity index (χ0v) is 23.4. The summed E-state index contributed by atoms with van der Waals surface area (Å²) < 4.78 is 65.6. The number of ether oxygens (including phenoxy) is 2. The van der Waals surface area contributed by atoms with Gasteiger partial charge >= 0.3 is 0 Å². The monoisotopic (exact) mass is 595 g/mol. The van der Waals surface area contributed by atoms with E-state index in [9.17, 15) is 28.3 Å². The molecule has 3 amide bonds. The first-order chi connectivity index (χ1) is 19.7. The van der Waals surface area contributed by atoms with E-state index in [0.717, 1.165) is 12.1 Å². The van der Waals surface area contributed by atoms with E-state index in [1.54, 1.807) is 18.2 Å². The Morgan fingerprint density at radius 1 is 1.19 bits per heavy atom. The van der Waals surface area contributed by atoms with E-state index >= 15 is 8.78 Å². The highest BCUT2D eigenvalue weighted by molar-refractivity contribution is 5.99. The van der Waals surface area contributed by atoms with Gasteiger partial charge in [-0.15, -0.1) is 0 Å². The number of carbonyl (C=O) groups excluding carboxylic acids is 3. The molecular formula is C29H33F4N3O6. The van der Waals surface area contributed by atoms with Crippen molar-refractivity contribution in [3.05, 3.63) is 70.5 Å². The molecule has 0 saturated heterocycles. The lowest BCUT2D eigenvalue weighted by Crippen LogP contribution is -2.45. The van der Waals surface area contributed by atoms with Crippen LogP contribution in [0.3, 0.4) is 0 Å². The summed E-state index contributed by atoms with van der Waals surface area (Å²) in [7, 11) is 0. The predicted molar refractivity (Wildman–Crippen MR) is 145 cm³/mol. The first-order valence-corrected chi connectivity index (χ1v) is 13.1. The Balaban J connectivity index is 1.93. The average molecular weight is 596 g/mol. The summed E-state index contributed by atoms with van der Waals surface area (Å²) in [5.41, 5.74) is 4.21. The van der Waals surface area contributed by atoms with Crippen molar-refractivity contribution in [2.45, 2.75) is 51.5 Å². The van der Waals surface area contributed by atoms with Crippen LogP contribution in [-0.4, -0.2) is 60.5 Å². The Labute approximate surface area is 240 Å². The number of aliphatic hydroxyl groups excluding tert-OH is 1. The number of nitrogens with two attached hydrogens (primary N) is 1. The number of nitrogens with zero attached hydrogens (tertiary/aromatic N) is 1. The molecule has 0 bridgehead atoms. The number of nitrogens with one attached hydrogen (secondary N) is 1. The average Bonchev–Trinajstić information content (AvgIpc) is 2.86. The number of hydrogen-bond acceptors (Lipinski definition) is 6. The van der Waals surface area contributed by atoms with Gasteiger partial charge in [-0.3, -0.25) is 14.4 Å². The van der Waals surface area contributed by atoms with Gasteiger partial charge in [0.15, 0.2) is 0 Å². The maximum absolute atomic E-state index is 15.1. The number of rotatable bonds is 12. The van der Waals surface area contributed by atoms with Crippen LogP contribution in [0.15, 0.2) is 42.2 Å². The third kappa shape index (κ3) is 7.99. The molecule has 1 atom stereocenters.